The minimum Gasteiger partial charge on any atom is -0.466 e. The topological polar surface area (TPSA) is 50.4 Å². The Hall–Kier alpha value is -0.610. The molecule has 2 N–H and O–H groups in total. The molecule has 1 aliphatic heterocycles. The number of hydrogen-bond donors (Lipinski definition) is 2. The molecule has 4 nitrogen and oxygen atoms in total. The normalized spacial score (nSPS) is 20.6. The van der Waals surface area contributed by atoms with E-state index in [4.69, 9.17) is 4.74 Å². The van der Waals surface area contributed by atoms with Gasteiger partial charge >= 0.3 is 5.97 Å². The van der Waals surface area contributed by atoms with Crippen LogP contribution in [0.15, 0.2) is 0 Å². The van der Waals surface area contributed by atoms with Crippen molar-refractivity contribution in [3.05, 3.63) is 0 Å². The summed E-state index contributed by atoms with van der Waals surface area (Å²) in [5, 5.41) is 6.61. The summed E-state index contributed by atoms with van der Waals surface area (Å²) in [6.45, 7) is 8.97. The lowest BCUT2D eigenvalue weighted by molar-refractivity contribution is -0.141. The highest BCUT2D eigenvalue weighted by Gasteiger charge is 2.11. The highest BCUT2D eigenvalue weighted by molar-refractivity contribution is 5.65. The predicted molar refractivity (Wildman–Crippen MR) is 57.3 cm³/mol. The summed E-state index contributed by atoms with van der Waals surface area (Å²) in [6, 6.07) is 0.457. The fourth-order valence-electron chi connectivity index (χ4n) is 1.26. The molecule has 1 atom stereocenters. The third-order valence-electron chi connectivity index (χ3n) is 1.90. The lowest BCUT2D eigenvalue weighted by Crippen LogP contribution is -2.48. The lowest BCUT2D eigenvalue weighted by Gasteiger charge is -2.23. The number of hydrogen-bond acceptors (Lipinski definition) is 4. The first-order valence-electron chi connectivity index (χ1n) is 5.36. The van der Waals surface area contributed by atoms with Crippen molar-refractivity contribution in [2.45, 2.75) is 33.2 Å². The molecule has 0 bridgehead atoms. The molecule has 4 heteroatoms. The van der Waals surface area contributed by atoms with E-state index in [1.165, 1.54) is 6.92 Å². The van der Waals surface area contributed by atoms with E-state index in [-0.39, 0.29) is 5.97 Å². The van der Waals surface area contributed by atoms with Gasteiger partial charge in [-0.1, -0.05) is 13.8 Å². The van der Waals surface area contributed by atoms with Crippen molar-refractivity contribution in [3.8, 4) is 0 Å². The summed E-state index contributed by atoms with van der Waals surface area (Å²) in [4.78, 5) is 10.4. The van der Waals surface area contributed by atoms with Crippen LogP contribution >= 0.6 is 0 Å². The molecule has 0 aromatic carbocycles. The standard InChI is InChI=1S/C8H16N2O2.C2H6/c1-7(11)12-5-2-8-6-9-3-4-10-8;1-2/h8-10H,2-6H2,1H3;1-2H3. The number of piperazine rings is 1. The van der Waals surface area contributed by atoms with E-state index in [0.29, 0.717) is 12.6 Å². The van der Waals surface area contributed by atoms with E-state index in [0.717, 1.165) is 26.1 Å². The van der Waals surface area contributed by atoms with E-state index in [1.54, 1.807) is 0 Å². The van der Waals surface area contributed by atoms with Crippen LogP contribution in [0.25, 0.3) is 0 Å². The Balaban J connectivity index is 0.000000791. The second kappa shape index (κ2) is 8.97. The zero-order chi connectivity index (χ0) is 10.8. The van der Waals surface area contributed by atoms with Crippen LogP contribution in [0.2, 0.25) is 0 Å². The second-order valence-electron chi connectivity index (χ2n) is 2.98. The smallest absolute Gasteiger partial charge is 0.302 e. The summed E-state index contributed by atoms with van der Waals surface area (Å²) in [6.07, 6.45) is 0.895. The molecule has 0 aromatic heterocycles. The van der Waals surface area contributed by atoms with Crippen molar-refractivity contribution in [1.29, 1.82) is 0 Å². The quantitative estimate of drug-likeness (QED) is 0.655. The van der Waals surface area contributed by atoms with E-state index in [9.17, 15) is 4.79 Å². The molecule has 0 aromatic rings. The largest absolute Gasteiger partial charge is 0.466 e. The van der Waals surface area contributed by atoms with E-state index >= 15 is 0 Å². The fourth-order valence-corrected chi connectivity index (χ4v) is 1.26. The highest BCUT2D eigenvalue weighted by Crippen LogP contribution is 1.94. The molecule has 1 rings (SSSR count). The third kappa shape index (κ3) is 6.86. The lowest BCUT2D eigenvalue weighted by atomic mass is 10.2. The molecule has 0 saturated carbocycles. The SMILES string of the molecule is CC.CC(=O)OCCC1CNCCN1. The van der Waals surface area contributed by atoms with Gasteiger partial charge in [0.1, 0.15) is 0 Å². The van der Waals surface area contributed by atoms with Crippen molar-refractivity contribution >= 4 is 5.97 Å². The number of esters is 1. The van der Waals surface area contributed by atoms with Gasteiger partial charge in [-0.3, -0.25) is 4.79 Å². The number of rotatable bonds is 3. The number of nitrogens with one attached hydrogen (secondary N) is 2. The monoisotopic (exact) mass is 202 g/mol. The van der Waals surface area contributed by atoms with Gasteiger partial charge in [-0.05, 0) is 6.42 Å². The van der Waals surface area contributed by atoms with Crippen LogP contribution in [0.1, 0.15) is 27.2 Å². The Labute approximate surface area is 86.4 Å². The number of carbonyl (C=O) groups is 1. The average Bonchev–Trinajstić information content (AvgIpc) is 2.22. The molecule has 0 radical (unpaired) electrons. The molecule has 1 saturated heterocycles. The first-order chi connectivity index (χ1) is 6.79. The molecule has 1 fully saturated rings. The molecule has 0 amide bonds. The Kier molecular flexibility index (Phi) is 8.57. The second-order valence-corrected chi connectivity index (χ2v) is 2.98. The maximum absolute atomic E-state index is 10.4. The Morgan fingerprint density at radius 1 is 1.43 bits per heavy atom. The van der Waals surface area contributed by atoms with Gasteiger partial charge in [0.05, 0.1) is 6.61 Å². The van der Waals surface area contributed by atoms with Crippen LogP contribution < -0.4 is 10.6 Å². The molecule has 1 heterocycles. The van der Waals surface area contributed by atoms with E-state index in [2.05, 4.69) is 10.6 Å². The maximum atomic E-state index is 10.4. The number of carbonyl (C=O) groups excluding carboxylic acids is 1. The minimum absolute atomic E-state index is 0.196. The van der Waals surface area contributed by atoms with Gasteiger partial charge in [0, 0.05) is 32.6 Å². The molecular weight excluding hydrogens is 180 g/mol. The van der Waals surface area contributed by atoms with E-state index in [1.807, 2.05) is 13.8 Å². The Morgan fingerprint density at radius 2 is 2.14 bits per heavy atom. The van der Waals surface area contributed by atoms with Gasteiger partial charge in [0.25, 0.3) is 0 Å². The minimum atomic E-state index is -0.196. The van der Waals surface area contributed by atoms with Crippen LogP contribution in [0, 0.1) is 0 Å². The summed E-state index contributed by atoms with van der Waals surface area (Å²) >= 11 is 0. The molecule has 84 valence electrons. The fraction of sp³-hybridized carbons (Fsp3) is 0.900. The molecule has 0 aliphatic carbocycles. The zero-order valence-corrected chi connectivity index (χ0v) is 9.43. The van der Waals surface area contributed by atoms with Gasteiger partial charge in [0.2, 0.25) is 0 Å². The van der Waals surface area contributed by atoms with Crippen molar-refractivity contribution in [1.82, 2.24) is 10.6 Å². The highest BCUT2D eigenvalue weighted by atomic mass is 16.5. The van der Waals surface area contributed by atoms with Crippen molar-refractivity contribution in [3.63, 3.8) is 0 Å². The summed E-state index contributed by atoms with van der Waals surface area (Å²) in [7, 11) is 0. The van der Waals surface area contributed by atoms with Crippen LogP contribution in [0.3, 0.4) is 0 Å². The van der Waals surface area contributed by atoms with Gasteiger partial charge in [0.15, 0.2) is 0 Å². The van der Waals surface area contributed by atoms with Gasteiger partial charge in [-0.25, -0.2) is 0 Å². The van der Waals surface area contributed by atoms with Gasteiger partial charge in [-0.2, -0.15) is 0 Å². The van der Waals surface area contributed by atoms with Crippen molar-refractivity contribution in [2.75, 3.05) is 26.2 Å². The molecular formula is C10H22N2O2. The van der Waals surface area contributed by atoms with Crippen LogP contribution in [-0.4, -0.2) is 38.3 Å². The summed E-state index contributed by atoms with van der Waals surface area (Å²) < 4.78 is 4.84. The van der Waals surface area contributed by atoms with Crippen LogP contribution in [0.5, 0.6) is 0 Å². The van der Waals surface area contributed by atoms with Crippen molar-refractivity contribution < 1.29 is 9.53 Å². The first kappa shape index (κ1) is 13.4. The zero-order valence-electron chi connectivity index (χ0n) is 9.43. The average molecular weight is 202 g/mol. The van der Waals surface area contributed by atoms with Crippen LogP contribution in [0.4, 0.5) is 0 Å². The molecule has 0 spiro atoms. The van der Waals surface area contributed by atoms with Gasteiger partial charge in [-0.15, -0.1) is 0 Å². The first-order valence-corrected chi connectivity index (χ1v) is 5.36. The molecule has 14 heavy (non-hydrogen) atoms. The third-order valence-corrected chi connectivity index (χ3v) is 1.90. The molecule has 1 aliphatic rings. The van der Waals surface area contributed by atoms with Gasteiger partial charge < -0.3 is 15.4 Å². The maximum Gasteiger partial charge on any atom is 0.302 e. The van der Waals surface area contributed by atoms with Crippen LogP contribution in [-0.2, 0) is 9.53 Å². The Morgan fingerprint density at radius 3 is 2.64 bits per heavy atom. The van der Waals surface area contributed by atoms with Crippen molar-refractivity contribution in [2.24, 2.45) is 0 Å². The summed E-state index contributed by atoms with van der Waals surface area (Å²) in [5.41, 5.74) is 0. The summed E-state index contributed by atoms with van der Waals surface area (Å²) in [5.74, 6) is -0.196. The number of ether oxygens (including phenoxy) is 1. The predicted octanol–water partition coefficient (Wildman–Crippen LogP) is 0.527. The van der Waals surface area contributed by atoms with E-state index < -0.39 is 0 Å². The molecule has 1 unspecified atom stereocenters. The Bertz CT molecular complexity index is 145.